The van der Waals surface area contributed by atoms with Crippen LogP contribution in [-0.2, 0) is 0 Å². The Balaban J connectivity index is 2.01. The SMILES string of the molecule is CC1C(c2ccccc2)=CC=C(N)C1c1ccccc1. The highest BCUT2D eigenvalue weighted by Crippen LogP contribution is 2.40. The first-order valence-electron chi connectivity index (χ1n) is 7.05. The average molecular weight is 261 g/mol. The van der Waals surface area contributed by atoms with Gasteiger partial charge in [-0.25, -0.2) is 0 Å². The van der Waals surface area contributed by atoms with Gasteiger partial charge < -0.3 is 5.73 Å². The molecule has 0 aromatic heterocycles. The standard InChI is InChI=1S/C19H19N/c1-14-17(15-8-4-2-5-9-15)12-13-18(20)19(14)16-10-6-3-7-11-16/h2-14,19H,20H2,1H3. The van der Waals surface area contributed by atoms with Crippen LogP contribution in [0.4, 0.5) is 0 Å². The van der Waals surface area contributed by atoms with Crippen molar-refractivity contribution in [1.29, 1.82) is 0 Å². The van der Waals surface area contributed by atoms with E-state index in [1.807, 2.05) is 6.07 Å². The molecule has 2 unspecified atom stereocenters. The fraction of sp³-hybridized carbons (Fsp3) is 0.158. The third kappa shape index (κ3) is 2.27. The van der Waals surface area contributed by atoms with Crippen molar-refractivity contribution in [3.63, 3.8) is 0 Å². The quantitative estimate of drug-likeness (QED) is 0.854. The highest BCUT2D eigenvalue weighted by molar-refractivity contribution is 5.72. The monoisotopic (exact) mass is 261 g/mol. The first kappa shape index (κ1) is 12.7. The van der Waals surface area contributed by atoms with Crippen molar-refractivity contribution in [3.05, 3.63) is 89.6 Å². The van der Waals surface area contributed by atoms with Gasteiger partial charge in [0.05, 0.1) is 0 Å². The maximum atomic E-state index is 6.26. The van der Waals surface area contributed by atoms with Crippen molar-refractivity contribution in [2.75, 3.05) is 0 Å². The molecule has 0 fully saturated rings. The van der Waals surface area contributed by atoms with Gasteiger partial charge in [-0.1, -0.05) is 73.7 Å². The summed E-state index contributed by atoms with van der Waals surface area (Å²) in [5, 5.41) is 0. The molecule has 1 aliphatic rings. The van der Waals surface area contributed by atoms with Gasteiger partial charge in [0.25, 0.3) is 0 Å². The van der Waals surface area contributed by atoms with Crippen molar-refractivity contribution < 1.29 is 0 Å². The van der Waals surface area contributed by atoms with Gasteiger partial charge in [-0.05, 0) is 28.7 Å². The molecule has 0 bridgehead atoms. The number of hydrogen-bond donors (Lipinski definition) is 1. The lowest BCUT2D eigenvalue weighted by atomic mass is 9.75. The molecular weight excluding hydrogens is 242 g/mol. The predicted molar refractivity (Wildman–Crippen MR) is 85.0 cm³/mol. The summed E-state index contributed by atoms with van der Waals surface area (Å²) < 4.78 is 0. The van der Waals surface area contributed by atoms with Crippen LogP contribution in [0.5, 0.6) is 0 Å². The summed E-state index contributed by atoms with van der Waals surface area (Å²) in [7, 11) is 0. The molecule has 100 valence electrons. The van der Waals surface area contributed by atoms with E-state index in [1.165, 1.54) is 16.7 Å². The number of benzene rings is 2. The second-order valence-corrected chi connectivity index (χ2v) is 5.33. The van der Waals surface area contributed by atoms with Crippen LogP contribution in [0.2, 0.25) is 0 Å². The maximum Gasteiger partial charge on any atom is 0.0301 e. The summed E-state index contributed by atoms with van der Waals surface area (Å²) in [6, 6.07) is 21.1. The normalized spacial score (nSPS) is 22.1. The number of rotatable bonds is 2. The first-order chi connectivity index (χ1) is 9.77. The number of allylic oxidation sites excluding steroid dienone is 4. The first-order valence-corrected chi connectivity index (χ1v) is 7.05. The lowest BCUT2D eigenvalue weighted by Crippen LogP contribution is -2.21. The van der Waals surface area contributed by atoms with Crippen LogP contribution in [0.3, 0.4) is 0 Å². The predicted octanol–water partition coefficient (Wildman–Crippen LogP) is 4.35. The summed E-state index contributed by atoms with van der Waals surface area (Å²) in [5.41, 5.74) is 11.1. The van der Waals surface area contributed by atoms with Crippen LogP contribution in [-0.4, -0.2) is 0 Å². The summed E-state index contributed by atoms with van der Waals surface area (Å²) in [6.45, 7) is 2.26. The zero-order chi connectivity index (χ0) is 13.9. The summed E-state index contributed by atoms with van der Waals surface area (Å²) in [4.78, 5) is 0. The molecule has 0 saturated carbocycles. The molecule has 0 saturated heterocycles. The van der Waals surface area contributed by atoms with E-state index in [2.05, 4.69) is 73.7 Å². The molecule has 1 aliphatic carbocycles. The second-order valence-electron chi connectivity index (χ2n) is 5.33. The number of nitrogens with two attached hydrogens (primary N) is 1. The fourth-order valence-electron chi connectivity index (χ4n) is 3.04. The van der Waals surface area contributed by atoms with Gasteiger partial charge >= 0.3 is 0 Å². The number of hydrogen-bond acceptors (Lipinski definition) is 1. The molecule has 1 nitrogen and oxygen atoms in total. The van der Waals surface area contributed by atoms with Crippen molar-refractivity contribution in [2.24, 2.45) is 11.7 Å². The molecule has 2 aromatic rings. The Labute approximate surface area is 120 Å². The van der Waals surface area contributed by atoms with Crippen molar-refractivity contribution in [2.45, 2.75) is 12.8 Å². The van der Waals surface area contributed by atoms with E-state index in [0.29, 0.717) is 5.92 Å². The molecule has 2 aromatic carbocycles. The van der Waals surface area contributed by atoms with Crippen molar-refractivity contribution in [1.82, 2.24) is 0 Å². The van der Waals surface area contributed by atoms with E-state index in [-0.39, 0.29) is 5.92 Å². The smallest absolute Gasteiger partial charge is 0.0301 e. The lowest BCUT2D eigenvalue weighted by molar-refractivity contribution is 0.617. The molecule has 20 heavy (non-hydrogen) atoms. The Morgan fingerprint density at radius 1 is 0.800 bits per heavy atom. The van der Waals surface area contributed by atoms with Crippen LogP contribution in [0.1, 0.15) is 24.0 Å². The highest BCUT2D eigenvalue weighted by Gasteiger charge is 2.27. The molecular formula is C19H19N. The topological polar surface area (TPSA) is 26.0 Å². The van der Waals surface area contributed by atoms with Crippen molar-refractivity contribution in [3.8, 4) is 0 Å². The largest absolute Gasteiger partial charge is 0.402 e. The van der Waals surface area contributed by atoms with E-state index in [4.69, 9.17) is 5.73 Å². The van der Waals surface area contributed by atoms with Crippen LogP contribution in [0.15, 0.2) is 78.5 Å². The van der Waals surface area contributed by atoms with Gasteiger partial charge in [0.2, 0.25) is 0 Å². The molecule has 1 heteroatoms. The zero-order valence-corrected chi connectivity index (χ0v) is 11.7. The minimum absolute atomic E-state index is 0.261. The van der Waals surface area contributed by atoms with Gasteiger partial charge in [0.1, 0.15) is 0 Å². The highest BCUT2D eigenvalue weighted by atomic mass is 14.6. The third-order valence-corrected chi connectivity index (χ3v) is 4.07. The van der Waals surface area contributed by atoms with Gasteiger partial charge in [0.15, 0.2) is 0 Å². The Kier molecular flexibility index (Phi) is 3.42. The lowest BCUT2D eigenvalue weighted by Gasteiger charge is -2.30. The van der Waals surface area contributed by atoms with E-state index < -0.39 is 0 Å². The fourth-order valence-corrected chi connectivity index (χ4v) is 3.04. The van der Waals surface area contributed by atoms with Crippen molar-refractivity contribution >= 4 is 5.57 Å². The minimum atomic E-state index is 0.261. The van der Waals surface area contributed by atoms with Gasteiger partial charge in [-0.3, -0.25) is 0 Å². The van der Waals surface area contributed by atoms with E-state index in [9.17, 15) is 0 Å². The molecule has 2 N–H and O–H groups in total. The van der Waals surface area contributed by atoms with Crippen LogP contribution < -0.4 is 5.73 Å². The maximum absolute atomic E-state index is 6.26. The third-order valence-electron chi connectivity index (χ3n) is 4.07. The molecule has 0 spiro atoms. The second kappa shape index (κ2) is 5.38. The molecule has 0 radical (unpaired) electrons. The Morgan fingerprint density at radius 3 is 2.05 bits per heavy atom. The van der Waals surface area contributed by atoms with Crippen LogP contribution >= 0.6 is 0 Å². The van der Waals surface area contributed by atoms with Gasteiger partial charge in [-0.2, -0.15) is 0 Å². The average Bonchev–Trinajstić information content (AvgIpc) is 2.49. The Hall–Kier alpha value is -2.28. The molecule has 0 amide bonds. The molecule has 0 aliphatic heterocycles. The Morgan fingerprint density at radius 2 is 1.40 bits per heavy atom. The van der Waals surface area contributed by atoms with Crippen LogP contribution in [0.25, 0.3) is 5.57 Å². The molecule has 2 atom stereocenters. The summed E-state index contributed by atoms with van der Waals surface area (Å²) in [6.07, 6.45) is 4.22. The van der Waals surface area contributed by atoms with E-state index >= 15 is 0 Å². The summed E-state index contributed by atoms with van der Waals surface area (Å²) in [5.74, 6) is 0.640. The summed E-state index contributed by atoms with van der Waals surface area (Å²) >= 11 is 0. The molecule has 0 heterocycles. The zero-order valence-electron chi connectivity index (χ0n) is 11.7. The minimum Gasteiger partial charge on any atom is -0.402 e. The van der Waals surface area contributed by atoms with Crippen LogP contribution in [0, 0.1) is 5.92 Å². The molecule has 3 rings (SSSR count). The Bertz CT molecular complexity index is 638. The van der Waals surface area contributed by atoms with E-state index in [1.54, 1.807) is 0 Å². The van der Waals surface area contributed by atoms with Gasteiger partial charge in [-0.15, -0.1) is 0 Å². The van der Waals surface area contributed by atoms with E-state index in [0.717, 1.165) is 5.70 Å². The van der Waals surface area contributed by atoms with Gasteiger partial charge in [0, 0.05) is 11.6 Å².